The Morgan fingerprint density at radius 3 is 2.44 bits per heavy atom. The number of amides is 3. The Morgan fingerprint density at radius 2 is 1.91 bits per heavy atom. The number of phenolic OH excluding ortho intramolecular Hbond substituents is 1. The first-order valence-electron chi connectivity index (χ1n) is 12.0. The van der Waals surface area contributed by atoms with Crippen LogP contribution in [-0.4, -0.2) is 63.9 Å². The molecule has 0 aromatic heterocycles. The van der Waals surface area contributed by atoms with Gasteiger partial charge in [0, 0.05) is 12.6 Å². The second kappa shape index (κ2) is 12.1. The second-order valence-electron chi connectivity index (χ2n) is 9.90. The number of aliphatic hydroxyl groups excluding tert-OH is 1. The van der Waals surface area contributed by atoms with Crippen molar-refractivity contribution in [1.29, 1.82) is 0 Å². The van der Waals surface area contributed by atoms with Crippen LogP contribution in [0.2, 0.25) is 0 Å². The number of hydrogen-bond donors (Lipinski definition) is 4. The van der Waals surface area contributed by atoms with E-state index in [1.54, 1.807) is 32.9 Å². The van der Waals surface area contributed by atoms with Crippen molar-refractivity contribution >= 4 is 17.9 Å². The zero-order valence-electron chi connectivity index (χ0n) is 20.8. The number of nitrogens with one attached hydrogen (secondary N) is 2. The molecule has 1 fully saturated rings. The van der Waals surface area contributed by atoms with Crippen molar-refractivity contribution in [1.82, 2.24) is 15.5 Å². The number of aliphatic hydroxyl groups is 1. The van der Waals surface area contributed by atoms with Crippen LogP contribution in [0.15, 0.2) is 24.3 Å². The minimum atomic E-state index is -1.28. The molecule has 1 saturated carbocycles. The van der Waals surface area contributed by atoms with Crippen LogP contribution in [-0.2, 0) is 14.3 Å². The molecule has 3 amide bonds. The van der Waals surface area contributed by atoms with E-state index in [4.69, 9.17) is 4.74 Å². The second-order valence-corrected chi connectivity index (χ2v) is 9.90. The van der Waals surface area contributed by atoms with E-state index in [1.165, 1.54) is 17.0 Å². The number of hydrogen-bond acceptors (Lipinski definition) is 6. The molecule has 0 aliphatic heterocycles. The average molecular weight is 478 g/mol. The van der Waals surface area contributed by atoms with Crippen LogP contribution in [0.5, 0.6) is 5.75 Å². The molecule has 0 saturated heterocycles. The lowest BCUT2D eigenvalue weighted by Crippen LogP contribution is -2.55. The highest BCUT2D eigenvalue weighted by molar-refractivity contribution is 5.92. The fourth-order valence-corrected chi connectivity index (χ4v) is 3.80. The van der Waals surface area contributed by atoms with Gasteiger partial charge in [-0.3, -0.25) is 9.59 Å². The largest absolute Gasteiger partial charge is 0.508 e. The molecule has 0 radical (unpaired) electrons. The summed E-state index contributed by atoms with van der Waals surface area (Å²) in [6, 6.07) is 3.70. The fraction of sp³-hybridized carbons (Fsp3) is 0.640. The number of nitrogens with zero attached hydrogens (tertiary/aromatic N) is 1. The molecule has 1 aliphatic rings. The van der Waals surface area contributed by atoms with Crippen molar-refractivity contribution in [2.24, 2.45) is 5.92 Å². The Bertz CT molecular complexity index is 853. The maximum absolute atomic E-state index is 13.6. The van der Waals surface area contributed by atoms with E-state index in [0.717, 1.165) is 19.3 Å². The van der Waals surface area contributed by atoms with Crippen molar-refractivity contribution in [2.45, 2.75) is 84.0 Å². The predicted octanol–water partition coefficient (Wildman–Crippen LogP) is 2.86. The predicted molar refractivity (Wildman–Crippen MR) is 128 cm³/mol. The maximum atomic E-state index is 13.6. The number of alkyl carbamates (subject to hydrolysis) is 1. The fourth-order valence-electron chi connectivity index (χ4n) is 3.80. The number of rotatable bonds is 11. The highest BCUT2D eigenvalue weighted by Crippen LogP contribution is 2.41. The molecule has 9 nitrogen and oxygen atoms in total. The van der Waals surface area contributed by atoms with Gasteiger partial charge >= 0.3 is 6.09 Å². The Morgan fingerprint density at radius 1 is 1.24 bits per heavy atom. The summed E-state index contributed by atoms with van der Waals surface area (Å²) in [5, 5.41) is 25.3. The number of unbranched alkanes of at least 4 members (excludes halogenated alkanes) is 2. The first-order valence-corrected chi connectivity index (χ1v) is 12.0. The Hall–Kier alpha value is -2.81. The molecule has 1 aromatic rings. The summed E-state index contributed by atoms with van der Waals surface area (Å²) >= 11 is 0. The van der Waals surface area contributed by atoms with Gasteiger partial charge in [0.1, 0.15) is 23.4 Å². The summed E-state index contributed by atoms with van der Waals surface area (Å²) in [5.74, 6) is -0.830. The van der Waals surface area contributed by atoms with Crippen LogP contribution in [0.25, 0.3) is 0 Å². The molecule has 1 aromatic carbocycles. The smallest absolute Gasteiger partial charge is 0.408 e. The highest BCUT2D eigenvalue weighted by Gasteiger charge is 2.48. The third-order valence-corrected chi connectivity index (χ3v) is 5.64. The van der Waals surface area contributed by atoms with Gasteiger partial charge in [-0.2, -0.15) is 0 Å². The van der Waals surface area contributed by atoms with E-state index in [9.17, 15) is 24.6 Å². The normalized spacial score (nSPS) is 19.0. The van der Waals surface area contributed by atoms with Crippen molar-refractivity contribution in [3.63, 3.8) is 0 Å². The van der Waals surface area contributed by atoms with Crippen LogP contribution in [0.1, 0.15) is 71.9 Å². The lowest BCUT2D eigenvalue weighted by atomic mass is 10.0. The summed E-state index contributed by atoms with van der Waals surface area (Å²) in [6.07, 6.45) is 2.63. The number of carbonyl (C=O) groups is 3. The van der Waals surface area contributed by atoms with Crippen molar-refractivity contribution in [2.75, 3.05) is 13.2 Å². The number of aromatic hydroxyl groups is 1. The summed E-state index contributed by atoms with van der Waals surface area (Å²) in [6.45, 7) is 8.94. The molecule has 9 heteroatoms. The SMILES string of the molecule is CCCCCNC(=O)C(c1cccc(O)c1)N(C(=O)C(CO)NC(=O)OC(C)(C)C)C1CC1C. The first kappa shape index (κ1) is 27.4. The highest BCUT2D eigenvalue weighted by atomic mass is 16.6. The summed E-state index contributed by atoms with van der Waals surface area (Å²) in [5.41, 5.74) is -0.324. The van der Waals surface area contributed by atoms with E-state index in [1.807, 2.05) is 6.92 Å². The molecule has 0 spiro atoms. The van der Waals surface area contributed by atoms with Crippen molar-refractivity contribution in [3.05, 3.63) is 29.8 Å². The van der Waals surface area contributed by atoms with Gasteiger partial charge in [-0.25, -0.2) is 4.79 Å². The molecule has 1 aliphatic carbocycles. The molecule has 0 bridgehead atoms. The molecular weight excluding hydrogens is 438 g/mol. The van der Waals surface area contributed by atoms with Crippen LogP contribution < -0.4 is 10.6 Å². The van der Waals surface area contributed by atoms with Gasteiger partial charge in [-0.1, -0.05) is 38.8 Å². The third-order valence-electron chi connectivity index (χ3n) is 5.64. The first-order chi connectivity index (χ1) is 16.0. The average Bonchev–Trinajstić information content (AvgIpc) is 3.47. The minimum absolute atomic E-state index is 0.0249. The van der Waals surface area contributed by atoms with Crippen molar-refractivity contribution < 1.29 is 29.3 Å². The molecule has 34 heavy (non-hydrogen) atoms. The topological polar surface area (TPSA) is 128 Å². The van der Waals surface area contributed by atoms with E-state index in [0.29, 0.717) is 18.5 Å². The molecule has 190 valence electrons. The van der Waals surface area contributed by atoms with E-state index >= 15 is 0 Å². The van der Waals surface area contributed by atoms with Crippen LogP contribution in [0.4, 0.5) is 4.79 Å². The quantitative estimate of drug-likeness (QED) is 0.363. The molecule has 2 rings (SSSR count). The standard InChI is InChI=1S/C25H39N3O6/c1-6-7-8-12-26-22(31)21(17-10-9-11-18(30)14-17)28(20-13-16(20)2)23(32)19(15-29)27-24(33)34-25(3,4)5/h9-11,14,16,19-21,29-30H,6-8,12-13,15H2,1-5H3,(H,26,31)(H,27,33). The summed E-state index contributed by atoms with van der Waals surface area (Å²) in [7, 11) is 0. The zero-order chi connectivity index (χ0) is 25.5. The maximum Gasteiger partial charge on any atom is 0.408 e. The molecular formula is C25H39N3O6. The minimum Gasteiger partial charge on any atom is -0.508 e. The number of benzene rings is 1. The van der Waals surface area contributed by atoms with Crippen LogP contribution in [0, 0.1) is 5.92 Å². The number of ether oxygens (including phenoxy) is 1. The Labute approximate surface area is 201 Å². The molecule has 4 N–H and O–H groups in total. The van der Waals surface area contributed by atoms with Crippen LogP contribution in [0.3, 0.4) is 0 Å². The van der Waals surface area contributed by atoms with E-state index < -0.39 is 36.3 Å². The van der Waals surface area contributed by atoms with Gasteiger partial charge in [0.15, 0.2) is 0 Å². The van der Waals surface area contributed by atoms with Gasteiger partial charge in [-0.15, -0.1) is 0 Å². The van der Waals surface area contributed by atoms with Crippen LogP contribution >= 0.6 is 0 Å². The lowest BCUT2D eigenvalue weighted by Gasteiger charge is -2.34. The third kappa shape index (κ3) is 7.90. The lowest BCUT2D eigenvalue weighted by molar-refractivity contribution is -0.144. The molecule has 0 heterocycles. The summed E-state index contributed by atoms with van der Waals surface area (Å²) < 4.78 is 5.24. The number of carbonyl (C=O) groups excluding carboxylic acids is 3. The van der Waals surface area contributed by atoms with Gasteiger partial charge in [0.2, 0.25) is 11.8 Å². The summed E-state index contributed by atoms with van der Waals surface area (Å²) in [4.78, 5) is 40.7. The number of phenols is 1. The van der Waals surface area contributed by atoms with E-state index in [-0.39, 0.29) is 23.6 Å². The monoisotopic (exact) mass is 477 g/mol. The zero-order valence-corrected chi connectivity index (χ0v) is 20.8. The van der Waals surface area contributed by atoms with Crippen molar-refractivity contribution in [3.8, 4) is 5.75 Å². The molecule has 4 unspecified atom stereocenters. The van der Waals surface area contributed by atoms with E-state index in [2.05, 4.69) is 17.6 Å². The Kier molecular flexibility index (Phi) is 9.73. The Balaban J connectivity index is 2.36. The van der Waals surface area contributed by atoms with Gasteiger partial charge in [0.25, 0.3) is 0 Å². The molecule has 4 atom stereocenters. The van der Waals surface area contributed by atoms with Gasteiger partial charge in [0.05, 0.1) is 6.61 Å². The van der Waals surface area contributed by atoms with Gasteiger partial charge < -0.3 is 30.5 Å². The van der Waals surface area contributed by atoms with Gasteiger partial charge in [-0.05, 0) is 57.2 Å².